The molecule has 2 heterocycles. The predicted molar refractivity (Wildman–Crippen MR) is 91.6 cm³/mol. The molecular formula is C16H16N2O2S2. The molecule has 0 unspecified atom stereocenters. The second kappa shape index (κ2) is 6.54. The molecule has 4 nitrogen and oxygen atoms in total. The average Bonchev–Trinajstić information content (AvgIpc) is 2.99. The Balaban J connectivity index is 1.91. The summed E-state index contributed by atoms with van der Waals surface area (Å²) in [6.07, 6.45) is 0. The molecule has 0 atom stereocenters. The van der Waals surface area contributed by atoms with E-state index in [0.29, 0.717) is 18.7 Å². The van der Waals surface area contributed by atoms with Gasteiger partial charge in [-0.3, -0.25) is 10.2 Å². The van der Waals surface area contributed by atoms with Crippen molar-refractivity contribution in [3.05, 3.63) is 46.8 Å². The molecule has 0 saturated heterocycles. The third-order valence-electron chi connectivity index (χ3n) is 3.30. The number of hydrogen-bond acceptors (Lipinski definition) is 5. The monoisotopic (exact) mass is 332 g/mol. The number of carbonyl (C=O) groups excluding carboxylic acids is 1. The number of anilines is 1. The van der Waals surface area contributed by atoms with Gasteiger partial charge in [-0.05, 0) is 25.1 Å². The molecular weight excluding hydrogens is 316 g/mol. The molecule has 0 fully saturated rings. The van der Waals surface area contributed by atoms with Crippen LogP contribution in [-0.4, -0.2) is 30.7 Å². The van der Waals surface area contributed by atoms with Crippen molar-refractivity contribution >= 4 is 40.6 Å². The molecule has 1 aliphatic heterocycles. The molecule has 6 heteroatoms. The fraction of sp³-hybridized carbons (Fsp3) is 0.250. The number of nitrogens with one attached hydrogen (secondary N) is 1. The Labute approximate surface area is 137 Å². The molecule has 0 spiro atoms. The minimum Gasteiger partial charge on any atom is -0.477 e. The van der Waals surface area contributed by atoms with Crippen LogP contribution in [0.15, 0.2) is 40.6 Å². The Kier molecular flexibility index (Phi) is 4.49. The first-order valence-corrected chi connectivity index (χ1v) is 8.86. The smallest absolute Gasteiger partial charge is 0.258 e. The van der Waals surface area contributed by atoms with E-state index in [1.807, 2.05) is 43.3 Å². The third-order valence-corrected chi connectivity index (χ3v) is 5.68. The zero-order valence-corrected chi connectivity index (χ0v) is 13.8. The van der Waals surface area contributed by atoms with E-state index in [4.69, 9.17) is 10.1 Å². The van der Waals surface area contributed by atoms with Crippen molar-refractivity contribution in [3.8, 4) is 0 Å². The van der Waals surface area contributed by atoms with Gasteiger partial charge in [0.05, 0.1) is 21.4 Å². The van der Waals surface area contributed by atoms with Crippen LogP contribution in [0.2, 0.25) is 0 Å². The Morgan fingerprint density at radius 2 is 2.14 bits per heavy atom. The molecule has 1 aromatic heterocycles. The van der Waals surface area contributed by atoms with E-state index < -0.39 is 0 Å². The van der Waals surface area contributed by atoms with Crippen molar-refractivity contribution in [3.63, 3.8) is 0 Å². The van der Waals surface area contributed by atoms with E-state index in [2.05, 4.69) is 0 Å². The molecule has 2 aromatic rings. The summed E-state index contributed by atoms with van der Waals surface area (Å²) in [5, 5.41) is 7.92. The van der Waals surface area contributed by atoms with Crippen LogP contribution in [0.4, 0.5) is 5.69 Å². The highest BCUT2D eigenvalue weighted by molar-refractivity contribution is 8.01. The minimum atomic E-state index is 0.00874. The molecule has 3 rings (SSSR count). The Hall–Kier alpha value is -1.79. The zero-order chi connectivity index (χ0) is 15.5. The number of rotatable bonds is 3. The lowest BCUT2D eigenvalue weighted by atomic mass is 10.2. The number of thioether (sulfide) groups is 1. The number of ether oxygens (including phenoxy) is 1. The number of hydrogen-bond donors (Lipinski definition) is 1. The molecule has 0 aliphatic carbocycles. The van der Waals surface area contributed by atoms with Gasteiger partial charge in [-0.25, -0.2) is 0 Å². The second-order valence-corrected chi connectivity index (χ2v) is 7.13. The van der Waals surface area contributed by atoms with Crippen molar-refractivity contribution in [1.82, 2.24) is 0 Å². The highest BCUT2D eigenvalue weighted by atomic mass is 32.2. The molecule has 0 saturated carbocycles. The quantitative estimate of drug-likeness (QED) is 0.686. The van der Waals surface area contributed by atoms with Crippen LogP contribution in [0, 0.1) is 5.41 Å². The summed E-state index contributed by atoms with van der Waals surface area (Å²) < 4.78 is 6.35. The molecule has 22 heavy (non-hydrogen) atoms. The van der Waals surface area contributed by atoms with Crippen LogP contribution in [0.25, 0.3) is 0 Å². The van der Waals surface area contributed by atoms with Crippen molar-refractivity contribution in [2.45, 2.75) is 11.1 Å². The van der Waals surface area contributed by atoms with Crippen molar-refractivity contribution in [2.75, 3.05) is 23.8 Å². The predicted octanol–water partition coefficient (Wildman–Crippen LogP) is 3.86. The van der Waals surface area contributed by atoms with Gasteiger partial charge in [0.15, 0.2) is 0 Å². The van der Waals surface area contributed by atoms with Crippen LogP contribution in [0.5, 0.6) is 0 Å². The standard InChI is InChI=1S/C16H16N2O2S2/c1-2-20-14(17)13-10-12-16(22-13)21-9-8-18(12)15(19)11-6-4-3-5-7-11/h3-7,10,17H,2,8-9H2,1H3. The molecule has 1 aromatic carbocycles. The summed E-state index contributed by atoms with van der Waals surface area (Å²) in [6.45, 7) is 3.02. The summed E-state index contributed by atoms with van der Waals surface area (Å²) in [5.74, 6) is 1.05. The fourth-order valence-electron chi connectivity index (χ4n) is 2.28. The first kappa shape index (κ1) is 15.1. The lowest BCUT2D eigenvalue weighted by molar-refractivity contribution is 0.0988. The van der Waals surface area contributed by atoms with Crippen LogP contribution >= 0.6 is 23.1 Å². The zero-order valence-electron chi connectivity index (χ0n) is 12.2. The van der Waals surface area contributed by atoms with E-state index >= 15 is 0 Å². The van der Waals surface area contributed by atoms with Gasteiger partial charge < -0.3 is 9.64 Å². The number of amides is 1. The maximum Gasteiger partial charge on any atom is 0.258 e. The average molecular weight is 332 g/mol. The number of nitrogens with zero attached hydrogens (tertiary/aromatic N) is 1. The fourth-order valence-corrected chi connectivity index (χ4v) is 4.61. The molecule has 1 aliphatic rings. The molecule has 1 N–H and O–H groups in total. The Morgan fingerprint density at radius 1 is 1.36 bits per heavy atom. The lowest BCUT2D eigenvalue weighted by Crippen LogP contribution is -2.34. The Morgan fingerprint density at radius 3 is 2.86 bits per heavy atom. The van der Waals surface area contributed by atoms with Gasteiger partial charge in [-0.1, -0.05) is 18.2 Å². The van der Waals surface area contributed by atoms with Gasteiger partial charge >= 0.3 is 0 Å². The summed E-state index contributed by atoms with van der Waals surface area (Å²) >= 11 is 3.25. The van der Waals surface area contributed by atoms with E-state index in [-0.39, 0.29) is 11.8 Å². The van der Waals surface area contributed by atoms with Gasteiger partial charge in [0.25, 0.3) is 5.91 Å². The van der Waals surface area contributed by atoms with E-state index in [0.717, 1.165) is 20.5 Å². The van der Waals surface area contributed by atoms with Gasteiger partial charge in [-0.2, -0.15) is 0 Å². The third kappa shape index (κ3) is 2.89. The number of carbonyl (C=O) groups is 1. The van der Waals surface area contributed by atoms with Crippen LogP contribution < -0.4 is 4.90 Å². The largest absolute Gasteiger partial charge is 0.477 e. The highest BCUT2D eigenvalue weighted by Crippen LogP contribution is 2.42. The SMILES string of the molecule is CCOC(=N)c1cc2c(s1)SCCN2C(=O)c1ccccc1. The topological polar surface area (TPSA) is 53.4 Å². The summed E-state index contributed by atoms with van der Waals surface area (Å²) in [6, 6.07) is 11.2. The summed E-state index contributed by atoms with van der Waals surface area (Å²) in [5.41, 5.74) is 1.59. The maximum atomic E-state index is 12.7. The summed E-state index contributed by atoms with van der Waals surface area (Å²) in [4.78, 5) is 15.3. The molecule has 114 valence electrons. The van der Waals surface area contributed by atoms with Crippen molar-refractivity contribution in [1.29, 1.82) is 5.41 Å². The maximum absolute atomic E-state index is 12.7. The Bertz CT molecular complexity index is 697. The van der Waals surface area contributed by atoms with E-state index in [1.165, 1.54) is 11.3 Å². The number of fused-ring (bicyclic) bond motifs is 1. The van der Waals surface area contributed by atoms with Crippen molar-refractivity contribution < 1.29 is 9.53 Å². The minimum absolute atomic E-state index is 0.00874. The molecule has 0 radical (unpaired) electrons. The first-order valence-electron chi connectivity index (χ1n) is 7.06. The highest BCUT2D eigenvalue weighted by Gasteiger charge is 2.27. The van der Waals surface area contributed by atoms with Gasteiger partial charge in [0, 0.05) is 17.9 Å². The molecule has 0 bridgehead atoms. The van der Waals surface area contributed by atoms with Crippen LogP contribution in [0.1, 0.15) is 22.2 Å². The van der Waals surface area contributed by atoms with Gasteiger partial charge in [-0.15, -0.1) is 23.1 Å². The number of benzene rings is 1. The van der Waals surface area contributed by atoms with E-state index in [1.54, 1.807) is 16.7 Å². The van der Waals surface area contributed by atoms with Gasteiger partial charge in [0.2, 0.25) is 5.90 Å². The summed E-state index contributed by atoms with van der Waals surface area (Å²) in [7, 11) is 0. The van der Waals surface area contributed by atoms with Gasteiger partial charge in [0.1, 0.15) is 0 Å². The van der Waals surface area contributed by atoms with Crippen molar-refractivity contribution in [2.24, 2.45) is 0 Å². The lowest BCUT2D eigenvalue weighted by Gasteiger charge is -2.26. The first-order chi connectivity index (χ1) is 10.7. The van der Waals surface area contributed by atoms with E-state index in [9.17, 15) is 4.79 Å². The molecule has 1 amide bonds. The second-order valence-electron chi connectivity index (χ2n) is 4.72. The van der Waals surface area contributed by atoms with Crippen LogP contribution in [-0.2, 0) is 4.74 Å². The van der Waals surface area contributed by atoms with Crippen LogP contribution in [0.3, 0.4) is 0 Å². The normalized spacial score (nSPS) is 13.6. The number of thiophene rings is 1.